The Hall–Kier alpha value is -1.29. The smallest absolute Gasteiger partial charge is 0.303 e. The topological polar surface area (TPSA) is 53.7 Å². The van der Waals surface area contributed by atoms with E-state index in [9.17, 15) is 4.79 Å². The van der Waals surface area contributed by atoms with E-state index in [-0.39, 0.29) is 0 Å². The average molecular weight is 237 g/mol. The first-order valence-electron chi connectivity index (χ1n) is 6.13. The van der Waals surface area contributed by atoms with Crippen LogP contribution >= 0.6 is 0 Å². The van der Waals surface area contributed by atoms with Gasteiger partial charge in [-0.05, 0) is 37.9 Å². The number of furan rings is 1. The molecule has 2 unspecified atom stereocenters. The molecule has 1 aromatic rings. The van der Waals surface area contributed by atoms with E-state index in [4.69, 9.17) is 9.52 Å². The summed E-state index contributed by atoms with van der Waals surface area (Å²) in [6.07, 6.45) is 3.88. The van der Waals surface area contributed by atoms with Crippen LogP contribution in [0, 0.1) is 5.92 Å². The Bertz CT molecular complexity index is 361. The van der Waals surface area contributed by atoms with Gasteiger partial charge in [-0.1, -0.05) is 0 Å². The normalized spacial score (nSPS) is 22.8. The van der Waals surface area contributed by atoms with Crippen LogP contribution in [-0.2, 0) is 11.2 Å². The Kier molecular flexibility index (Phi) is 3.84. The van der Waals surface area contributed by atoms with E-state index in [0.717, 1.165) is 31.7 Å². The van der Waals surface area contributed by atoms with Crippen LogP contribution in [0.25, 0.3) is 0 Å². The van der Waals surface area contributed by atoms with Gasteiger partial charge in [0, 0.05) is 25.4 Å². The second-order valence-electron chi connectivity index (χ2n) is 4.88. The Morgan fingerprint density at radius 1 is 1.71 bits per heavy atom. The summed E-state index contributed by atoms with van der Waals surface area (Å²) in [5.74, 6) is 0.626. The number of carboxylic acid groups (broad SMARTS) is 1. The molecule has 2 rings (SSSR count). The molecule has 17 heavy (non-hydrogen) atoms. The summed E-state index contributed by atoms with van der Waals surface area (Å²) in [6.45, 7) is 4.07. The number of aliphatic carboxylic acids is 1. The van der Waals surface area contributed by atoms with Gasteiger partial charge in [0.2, 0.25) is 0 Å². The molecule has 0 aromatic carbocycles. The van der Waals surface area contributed by atoms with Crippen LogP contribution in [0.3, 0.4) is 0 Å². The monoisotopic (exact) mass is 237 g/mol. The van der Waals surface area contributed by atoms with E-state index < -0.39 is 5.97 Å². The molecule has 1 aromatic heterocycles. The lowest BCUT2D eigenvalue weighted by molar-refractivity contribution is -0.138. The zero-order valence-electron chi connectivity index (χ0n) is 10.1. The lowest BCUT2D eigenvalue weighted by atomic mass is 10.1. The first-order valence-corrected chi connectivity index (χ1v) is 6.13. The second kappa shape index (κ2) is 5.36. The van der Waals surface area contributed by atoms with E-state index in [1.54, 1.807) is 6.26 Å². The van der Waals surface area contributed by atoms with E-state index >= 15 is 0 Å². The van der Waals surface area contributed by atoms with Gasteiger partial charge in [-0.25, -0.2) is 0 Å². The highest BCUT2D eigenvalue weighted by Gasteiger charge is 2.27. The first-order chi connectivity index (χ1) is 8.15. The van der Waals surface area contributed by atoms with Crippen molar-refractivity contribution in [3.8, 4) is 0 Å². The number of nitrogens with zero attached hydrogens (tertiary/aromatic N) is 1. The summed E-state index contributed by atoms with van der Waals surface area (Å²) in [4.78, 5) is 13.0. The minimum Gasteiger partial charge on any atom is -0.481 e. The number of carboxylic acids is 1. The molecule has 4 nitrogen and oxygen atoms in total. The van der Waals surface area contributed by atoms with Gasteiger partial charge in [0.25, 0.3) is 0 Å². The standard InChI is InChI=1S/C13H19NO3/c1-10(7-12-3-2-6-17-12)14-5-4-11(9-14)8-13(15)16/h2-3,6,10-11H,4-5,7-9H2,1H3,(H,15,16). The van der Waals surface area contributed by atoms with Crippen LogP contribution in [0.2, 0.25) is 0 Å². The summed E-state index contributed by atoms with van der Waals surface area (Å²) in [6, 6.07) is 4.31. The van der Waals surface area contributed by atoms with Crippen molar-refractivity contribution in [2.75, 3.05) is 13.1 Å². The largest absolute Gasteiger partial charge is 0.481 e. The van der Waals surface area contributed by atoms with Gasteiger partial charge in [0.05, 0.1) is 6.26 Å². The number of rotatable bonds is 5. The second-order valence-corrected chi connectivity index (χ2v) is 4.88. The molecule has 0 radical (unpaired) electrons. The highest BCUT2D eigenvalue weighted by molar-refractivity contribution is 5.67. The molecule has 1 aliphatic heterocycles. The van der Waals surface area contributed by atoms with Crippen molar-refractivity contribution in [2.24, 2.45) is 5.92 Å². The third-order valence-electron chi connectivity index (χ3n) is 3.48. The predicted octanol–water partition coefficient (Wildman–Crippen LogP) is 2.01. The van der Waals surface area contributed by atoms with E-state index in [1.165, 1.54) is 0 Å². The highest BCUT2D eigenvalue weighted by Crippen LogP contribution is 2.22. The van der Waals surface area contributed by atoms with Crippen molar-refractivity contribution in [2.45, 2.75) is 32.2 Å². The van der Waals surface area contributed by atoms with Gasteiger partial charge in [-0.2, -0.15) is 0 Å². The predicted molar refractivity (Wildman–Crippen MR) is 63.8 cm³/mol. The average Bonchev–Trinajstić information content (AvgIpc) is 2.87. The van der Waals surface area contributed by atoms with Crippen LogP contribution in [-0.4, -0.2) is 35.1 Å². The minimum absolute atomic E-state index is 0.296. The molecule has 0 bridgehead atoms. The fourth-order valence-corrected chi connectivity index (χ4v) is 2.53. The van der Waals surface area contributed by atoms with Crippen LogP contribution in [0.1, 0.15) is 25.5 Å². The van der Waals surface area contributed by atoms with Crippen molar-refractivity contribution in [3.63, 3.8) is 0 Å². The van der Waals surface area contributed by atoms with E-state index in [1.807, 2.05) is 12.1 Å². The fraction of sp³-hybridized carbons (Fsp3) is 0.615. The summed E-state index contributed by atoms with van der Waals surface area (Å²) in [5.41, 5.74) is 0. The quantitative estimate of drug-likeness (QED) is 0.851. The van der Waals surface area contributed by atoms with Crippen molar-refractivity contribution in [1.82, 2.24) is 4.90 Å². The van der Waals surface area contributed by atoms with Crippen LogP contribution in [0.4, 0.5) is 0 Å². The van der Waals surface area contributed by atoms with Gasteiger partial charge >= 0.3 is 5.97 Å². The molecular formula is C13H19NO3. The molecule has 0 amide bonds. The molecule has 2 heterocycles. The Labute approximate surface area is 101 Å². The number of hydrogen-bond donors (Lipinski definition) is 1. The molecule has 1 fully saturated rings. The summed E-state index contributed by atoms with van der Waals surface area (Å²) in [5, 5.41) is 8.77. The molecule has 0 aliphatic carbocycles. The first kappa shape index (κ1) is 12.2. The van der Waals surface area contributed by atoms with Gasteiger partial charge in [-0.3, -0.25) is 9.69 Å². The van der Waals surface area contributed by atoms with Crippen molar-refractivity contribution >= 4 is 5.97 Å². The molecule has 1 aliphatic rings. The molecule has 0 spiro atoms. The fourth-order valence-electron chi connectivity index (χ4n) is 2.53. The Morgan fingerprint density at radius 2 is 2.53 bits per heavy atom. The zero-order valence-corrected chi connectivity index (χ0v) is 10.1. The highest BCUT2D eigenvalue weighted by atomic mass is 16.4. The molecule has 1 saturated heterocycles. The van der Waals surface area contributed by atoms with E-state index in [2.05, 4.69) is 11.8 Å². The lowest BCUT2D eigenvalue weighted by Crippen LogP contribution is -2.32. The zero-order chi connectivity index (χ0) is 12.3. The van der Waals surface area contributed by atoms with Crippen molar-refractivity contribution in [3.05, 3.63) is 24.2 Å². The van der Waals surface area contributed by atoms with Crippen LogP contribution in [0.5, 0.6) is 0 Å². The van der Waals surface area contributed by atoms with E-state index in [0.29, 0.717) is 18.4 Å². The molecule has 1 N–H and O–H groups in total. The Morgan fingerprint density at radius 3 is 3.18 bits per heavy atom. The molecular weight excluding hydrogens is 218 g/mol. The van der Waals surface area contributed by atoms with Gasteiger partial charge in [-0.15, -0.1) is 0 Å². The SMILES string of the molecule is CC(Cc1ccco1)N1CCC(CC(=O)O)C1. The third kappa shape index (κ3) is 3.33. The molecule has 0 saturated carbocycles. The lowest BCUT2D eigenvalue weighted by Gasteiger charge is -2.23. The molecule has 2 atom stereocenters. The van der Waals surface area contributed by atoms with Crippen LogP contribution in [0.15, 0.2) is 22.8 Å². The Balaban J connectivity index is 1.81. The van der Waals surface area contributed by atoms with Gasteiger partial charge in [0.1, 0.15) is 5.76 Å². The third-order valence-corrected chi connectivity index (χ3v) is 3.48. The maximum atomic E-state index is 10.7. The number of hydrogen-bond acceptors (Lipinski definition) is 3. The minimum atomic E-state index is -0.685. The van der Waals surface area contributed by atoms with Crippen molar-refractivity contribution in [1.29, 1.82) is 0 Å². The van der Waals surface area contributed by atoms with Gasteiger partial charge < -0.3 is 9.52 Å². The summed E-state index contributed by atoms with van der Waals surface area (Å²) in [7, 11) is 0. The van der Waals surface area contributed by atoms with Crippen LogP contribution < -0.4 is 0 Å². The molecule has 94 valence electrons. The summed E-state index contributed by atoms with van der Waals surface area (Å²) >= 11 is 0. The summed E-state index contributed by atoms with van der Waals surface area (Å²) < 4.78 is 5.33. The maximum Gasteiger partial charge on any atom is 0.303 e. The molecule has 4 heteroatoms. The number of likely N-dealkylation sites (tertiary alicyclic amines) is 1. The maximum absolute atomic E-state index is 10.7. The number of carbonyl (C=O) groups is 1. The van der Waals surface area contributed by atoms with Gasteiger partial charge in [0.15, 0.2) is 0 Å². The van der Waals surface area contributed by atoms with Crippen molar-refractivity contribution < 1.29 is 14.3 Å².